The monoisotopic (exact) mass is 229 g/mol. The molecule has 0 aliphatic heterocycles. The van der Waals surface area contributed by atoms with Crippen LogP contribution in [-0.4, -0.2) is 9.55 Å². The first-order valence-electron chi connectivity index (χ1n) is 4.94. The first-order chi connectivity index (χ1) is 7.69. The number of nitrogens with one attached hydrogen (secondary N) is 1. The Morgan fingerprint density at radius 3 is 2.94 bits per heavy atom. The molecule has 0 saturated carbocycles. The minimum absolute atomic E-state index is 0.677. The summed E-state index contributed by atoms with van der Waals surface area (Å²) in [4.78, 5) is 3.07. The molecule has 0 fully saturated rings. The van der Waals surface area contributed by atoms with Gasteiger partial charge in [-0.1, -0.05) is 12.1 Å². The Morgan fingerprint density at radius 2 is 2.31 bits per heavy atom. The van der Waals surface area contributed by atoms with Crippen LogP contribution < -0.4 is 0 Å². The van der Waals surface area contributed by atoms with E-state index in [0.29, 0.717) is 16.9 Å². The van der Waals surface area contributed by atoms with Crippen molar-refractivity contribution in [3.8, 4) is 6.07 Å². The first kappa shape index (κ1) is 10.7. The number of nitriles is 1. The molecule has 16 heavy (non-hydrogen) atoms. The Kier molecular flexibility index (Phi) is 2.88. The van der Waals surface area contributed by atoms with Gasteiger partial charge in [-0.25, -0.2) is 0 Å². The average molecular weight is 229 g/mol. The van der Waals surface area contributed by atoms with Crippen LogP contribution in [-0.2, 0) is 6.54 Å². The van der Waals surface area contributed by atoms with E-state index in [2.05, 4.69) is 11.1 Å². The van der Waals surface area contributed by atoms with Crippen molar-refractivity contribution in [2.75, 3.05) is 0 Å². The van der Waals surface area contributed by atoms with Crippen LogP contribution in [0.4, 0.5) is 0 Å². The van der Waals surface area contributed by atoms with Crippen LogP contribution in [0.3, 0.4) is 0 Å². The van der Waals surface area contributed by atoms with E-state index >= 15 is 0 Å². The maximum atomic E-state index is 8.80. The van der Waals surface area contributed by atoms with E-state index < -0.39 is 0 Å². The number of hydrogen-bond donors (Lipinski definition) is 1. The predicted molar refractivity (Wildman–Crippen MR) is 64.6 cm³/mol. The van der Waals surface area contributed by atoms with Gasteiger partial charge >= 0.3 is 0 Å². The van der Waals surface area contributed by atoms with Crippen LogP contribution in [0.15, 0.2) is 30.5 Å². The fraction of sp³-hybridized carbons (Fsp3) is 0.167. The largest absolute Gasteiger partial charge is 0.335 e. The fourth-order valence-electron chi connectivity index (χ4n) is 1.62. The van der Waals surface area contributed by atoms with E-state index in [1.807, 2.05) is 35.9 Å². The maximum absolute atomic E-state index is 8.80. The number of H-pyrrole nitrogens is 1. The molecular formula is C12H11N3S. The summed E-state index contributed by atoms with van der Waals surface area (Å²) in [6.45, 7) is 2.66. The van der Waals surface area contributed by atoms with E-state index in [1.54, 1.807) is 6.07 Å². The van der Waals surface area contributed by atoms with Crippen molar-refractivity contribution in [3.05, 3.63) is 52.1 Å². The second-order valence-corrected chi connectivity index (χ2v) is 4.07. The summed E-state index contributed by atoms with van der Waals surface area (Å²) in [7, 11) is 0. The van der Waals surface area contributed by atoms with Gasteiger partial charge in [0.2, 0.25) is 0 Å². The SMILES string of the molecule is Cc1cn(Cc2cccc(C#N)c2)c(=S)[nH]1. The molecule has 2 aromatic rings. The van der Waals surface area contributed by atoms with Gasteiger partial charge in [-0.05, 0) is 36.8 Å². The molecular weight excluding hydrogens is 218 g/mol. The van der Waals surface area contributed by atoms with Crippen molar-refractivity contribution in [1.29, 1.82) is 5.26 Å². The second-order valence-electron chi connectivity index (χ2n) is 3.68. The minimum atomic E-state index is 0.677. The number of aryl methyl sites for hydroxylation is 1. The summed E-state index contributed by atoms with van der Waals surface area (Å²) in [5.41, 5.74) is 2.80. The number of nitrogens with zero attached hydrogens (tertiary/aromatic N) is 2. The van der Waals surface area contributed by atoms with Gasteiger partial charge in [0.25, 0.3) is 0 Å². The van der Waals surface area contributed by atoms with Crippen molar-refractivity contribution < 1.29 is 0 Å². The van der Waals surface area contributed by atoms with Gasteiger partial charge in [0.15, 0.2) is 4.77 Å². The smallest absolute Gasteiger partial charge is 0.177 e. The molecule has 0 atom stereocenters. The molecule has 0 bridgehead atoms. The Hall–Kier alpha value is -1.86. The van der Waals surface area contributed by atoms with Crippen LogP contribution in [0.5, 0.6) is 0 Å². The lowest BCUT2D eigenvalue weighted by molar-refractivity contribution is 0.783. The highest BCUT2D eigenvalue weighted by Gasteiger charge is 1.99. The molecule has 80 valence electrons. The molecule has 2 rings (SSSR count). The van der Waals surface area contributed by atoms with Crippen molar-refractivity contribution in [2.24, 2.45) is 0 Å². The van der Waals surface area contributed by atoms with Gasteiger partial charge < -0.3 is 9.55 Å². The van der Waals surface area contributed by atoms with E-state index in [9.17, 15) is 0 Å². The molecule has 1 aromatic heterocycles. The molecule has 1 N–H and O–H groups in total. The van der Waals surface area contributed by atoms with Gasteiger partial charge in [-0.3, -0.25) is 0 Å². The summed E-state index contributed by atoms with van der Waals surface area (Å²) < 4.78 is 2.67. The lowest BCUT2D eigenvalue weighted by Gasteiger charge is -2.02. The molecule has 0 amide bonds. The summed E-state index contributed by atoms with van der Waals surface area (Å²) in [6, 6.07) is 9.68. The van der Waals surface area contributed by atoms with E-state index in [-0.39, 0.29) is 0 Å². The molecule has 0 spiro atoms. The van der Waals surface area contributed by atoms with Crippen molar-refractivity contribution in [1.82, 2.24) is 9.55 Å². The zero-order valence-corrected chi connectivity index (χ0v) is 9.71. The van der Waals surface area contributed by atoms with Crippen LogP contribution >= 0.6 is 12.2 Å². The molecule has 1 aromatic carbocycles. The third-order valence-corrected chi connectivity index (χ3v) is 2.66. The van der Waals surface area contributed by atoms with Crippen molar-refractivity contribution in [3.63, 3.8) is 0 Å². The Labute approximate surface area is 99.0 Å². The molecule has 0 aliphatic carbocycles. The van der Waals surface area contributed by atoms with Crippen LogP contribution in [0.25, 0.3) is 0 Å². The van der Waals surface area contributed by atoms with Gasteiger partial charge in [-0.15, -0.1) is 0 Å². The topological polar surface area (TPSA) is 44.5 Å². The molecule has 4 heteroatoms. The zero-order chi connectivity index (χ0) is 11.5. The highest BCUT2D eigenvalue weighted by molar-refractivity contribution is 7.71. The van der Waals surface area contributed by atoms with Crippen LogP contribution in [0.2, 0.25) is 0 Å². The third kappa shape index (κ3) is 2.20. The molecule has 0 saturated heterocycles. The molecule has 0 unspecified atom stereocenters. The molecule has 0 radical (unpaired) electrons. The van der Waals surface area contributed by atoms with E-state index in [4.69, 9.17) is 17.5 Å². The average Bonchev–Trinajstić information content (AvgIpc) is 2.58. The quantitative estimate of drug-likeness (QED) is 0.805. The van der Waals surface area contributed by atoms with Crippen LogP contribution in [0.1, 0.15) is 16.8 Å². The predicted octanol–water partition coefficient (Wildman–Crippen LogP) is 2.77. The van der Waals surface area contributed by atoms with Crippen molar-refractivity contribution in [2.45, 2.75) is 13.5 Å². The first-order valence-corrected chi connectivity index (χ1v) is 5.35. The number of benzene rings is 1. The number of rotatable bonds is 2. The van der Waals surface area contributed by atoms with Gasteiger partial charge in [0.05, 0.1) is 11.6 Å². The minimum Gasteiger partial charge on any atom is -0.335 e. The maximum Gasteiger partial charge on any atom is 0.177 e. The number of aromatic nitrogens is 2. The molecule has 1 heterocycles. The van der Waals surface area contributed by atoms with Gasteiger partial charge in [0, 0.05) is 18.4 Å². The molecule has 3 nitrogen and oxygen atoms in total. The summed E-state index contributed by atoms with van der Waals surface area (Å²) in [6.07, 6.45) is 1.97. The van der Waals surface area contributed by atoms with Crippen molar-refractivity contribution >= 4 is 12.2 Å². The lowest BCUT2D eigenvalue weighted by Crippen LogP contribution is -1.98. The lowest BCUT2D eigenvalue weighted by atomic mass is 10.1. The zero-order valence-electron chi connectivity index (χ0n) is 8.90. The van der Waals surface area contributed by atoms with Gasteiger partial charge in [0.1, 0.15) is 0 Å². The van der Waals surface area contributed by atoms with E-state index in [1.165, 1.54) is 0 Å². The fourth-order valence-corrected chi connectivity index (χ4v) is 1.90. The second kappa shape index (κ2) is 4.33. The number of hydrogen-bond acceptors (Lipinski definition) is 2. The van der Waals surface area contributed by atoms with E-state index in [0.717, 1.165) is 11.3 Å². The summed E-state index contributed by atoms with van der Waals surface area (Å²) in [5.74, 6) is 0. The summed E-state index contributed by atoms with van der Waals surface area (Å²) in [5, 5.41) is 8.80. The Bertz CT molecular complexity index is 601. The summed E-state index contributed by atoms with van der Waals surface area (Å²) >= 11 is 5.18. The Morgan fingerprint density at radius 1 is 1.50 bits per heavy atom. The highest BCUT2D eigenvalue weighted by Crippen LogP contribution is 2.07. The van der Waals surface area contributed by atoms with Gasteiger partial charge in [-0.2, -0.15) is 5.26 Å². The Balaban J connectivity index is 2.31. The number of aromatic amines is 1. The number of imidazole rings is 1. The molecule has 0 aliphatic rings. The highest BCUT2D eigenvalue weighted by atomic mass is 32.1. The third-order valence-electron chi connectivity index (χ3n) is 2.32. The van der Waals surface area contributed by atoms with Crippen LogP contribution in [0, 0.1) is 23.0 Å². The standard InChI is InChI=1S/C12H11N3S/c1-9-7-15(12(16)14-9)8-11-4-2-3-10(5-11)6-13/h2-5,7H,8H2,1H3,(H,14,16). The normalized spacial score (nSPS) is 10.0.